The molecule has 0 aliphatic carbocycles. The van der Waals surface area contributed by atoms with E-state index in [0.717, 1.165) is 6.42 Å². The fraction of sp³-hybridized carbons (Fsp3) is 0.600. The molecule has 1 aromatic heterocycles. The lowest BCUT2D eigenvalue weighted by molar-refractivity contribution is -0.145. The Morgan fingerprint density at radius 2 is 2.06 bits per heavy atom. The summed E-state index contributed by atoms with van der Waals surface area (Å²) >= 11 is 6.80. The summed E-state index contributed by atoms with van der Waals surface area (Å²) < 4.78 is 37.3. The molecular weight excluding hydrogens is 273 g/mol. The molecule has 96 valence electrons. The second-order valence-corrected chi connectivity index (χ2v) is 5.10. The van der Waals surface area contributed by atoms with Crippen LogP contribution in [0.2, 0.25) is 5.15 Å². The maximum Gasteiger partial charge on any atom is 0.451 e. The summed E-state index contributed by atoms with van der Waals surface area (Å²) in [5.41, 5.74) is 0. The molecule has 0 aliphatic heterocycles. The Bertz CT molecular complexity index is 384. The summed E-state index contributed by atoms with van der Waals surface area (Å²) in [6, 6.07) is 1.35. The number of hydrogen-bond acceptors (Lipinski definition) is 3. The average Bonchev–Trinajstić information content (AvgIpc) is 2.24. The molecule has 0 saturated carbocycles. The Morgan fingerprint density at radius 3 is 2.59 bits per heavy atom. The third kappa shape index (κ3) is 4.71. The molecule has 2 nitrogen and oxygen atoms in total. The van der Waals surface area contributed by atoms with Gasteiger partial charge in [0, 0.05) is 11.8 Å². The fourth-order valence-corrected chi connectivity index (χ4v) is 2.23. The summed E-state index contributed by atoms with van der Waals surface area (Å²) in [5, 5.41) is 0.0802. The van der Waals surface area contributed by atoms with E-state index in [2.05, 4.69) is 9.97 Å². The van der Waals surface area contributed by atoms with Gasteiger partial charge in [0.05, 0.1) is 0 Å². The van der Waals surface area contributed by atoms with Crippen molar-refractivity contribution in [3.05, 3.63) is 17.0 Å². The zero-order valence-electron chi connectivity index (χ0n) is 9.38. The molecule has 0 spiro atoms. The molecule has 1 heterocycles. The van der Waals surface area contributed by atoms with Crippen LogP contribution in [-0.4, -0.2) is 15.7 Å². The molecule has 0 aliphatic rings. The summed E-state index contributed by atoms with van der Waals surface area (Å²) in [6.07, 6.45) is -3.59. The number of aromatic nitrogens is 2. The predicted octanol–water partition coefficient (Wildman–Crippen LogP) is 4.29. The Morgan fingerprint density at radius 1 is 1.41 bits per heavy atom. The Labute approximate surface area is 107 Å². The summed E-state index contributed by atoms with van der Waals surface area (Å²) in [5.74, 6) is -0.0547. The third-order valence-corrected chi connectivity index (χ3v) is 3.57. The van der Waals surface area contributed by atoms with Gasteiger partial charge in [-0.3, -0.25) is 0 Å². The van der Waals surface area contributed by atoms with Crippen LogP contribution < -0.4 is 0 Å². The minimum absolute atomic E-state index is 0.182. The van der Waals surface area contributed by atoms with E-state index in [1.807, 2.05) is 13.8 Å². The molecule has 0 radical (unpaired) electrons. The van der Waals surface area contributed by atoms with Crippen molar-refractivity contribution in [3.63, 3.8) is 0 Å². The lowest BCUT2D eigenvalue weighted by Gasteiger charge is -2.09. The first-order valence-electron chi connectivity index (χ1n) is 5.07. The van der Waals surface area contributed by atoms with Gasteiger partial charge in [-0.15, -0.1) is 11.8 Å². The maximum atomic E-state index is 12.4. The number of hydrogen-bond donors (Lipinski definition) is 0. The molecule has 1 aromatic rings. The largest absolute Gasteiger partial charge is 0.451 e. The van der Waals surface area contributed by atoms with Crippen LogP contribution in [0.5, 0.6) is 0 Å². The van der Waals surface area contributed by atoms with Gasteiger partial charge in [-0.1, -0.05) is 31.9 Å². The van der Waals surface area contributed by atoms with Crippen LogP contribution in [-0.2, 0) is 6.18 Å². The zero-order chi connectivity index (χ0) is 13.1. The number of halogens is 4. The SMILES string of the molecule is CCC(C)CSc1cc(Cl)nc(C(F)(F)F)n1. The Hall–Kier alpha value is -0.490. The van der Waals surface area contributed by atoms with E-state index in [0.29, 0.717) is 11.7 Å². The molecule has 0 N–H and O–H groups in total. The lowest BCUT2D eigenvalue weighted by Crippen LogP contribution is -2.11. The molecule has 17 heavy (non-hydrogen) atoms. The maximum absolute atomic E-state index is 12.4. The van der Waals surface area contributed by atoms with Crippen LogP contribution in [0.3, 0.4) is 0 Å². The fourth-order valence-electron chi connectivity index (χ4n) is 0.943. The number of nitrogens with zero attached hydrogens (tertiary/aromatic N) is 2. The highest BCUT2D eigenvalue weighted by atomic mass is 35.5. The van der Waals surface area contributed by atoms with E-state index >= 15 is 0 Å². The van der Waals surface area contributed by atoms with Gasteiger partial charge >= 0.3 is 6.18 Å². The lowest BCUT2D eigenvalue weighted by atomic mass is 10.2. The first kappa shape index (κ1) is 14.6. The van der Waals surface area contributed by atoms with Crippen LogP contribution in [0.25, 0.3) is 0 Å². The van der Waals surface area contributed by atoms with Crippen molar-refractivity contribution in [2.45, 2.75) is 31.5 Å². The first-order chi connectivity index (χ1) is 7.82. The van der Waals surface area contributed by atoms with E-state index in [-0.39, 0.29) is 10.2 Å². The quantitative estimate of drug-likeness (QED) is 0.609. The van der Waals surface area contributed by atoms with E-state index in [1.54, 1.807) is 0 Å². The van der Waals surface area contributed by atoms with Gasteiger partial charge in [-0.25, -0.2) is 9.97 Å². The van der Waals surface area contributed by atoms with E-state index < -0.39 is 12.0 Å². The zero-order valence-corrected chi connectivity index (χ0v) is 11.0. The molecular formula is C10H12ClF3N2S. The van der Waals surface area contributed by atoms with E-state index in [9.17, 15) is 13.2 Å². The van der Waals surface area contributed by atoms with Crippen LogP contribution in [0, 0.1) is 5.92 Å². The van der Waals surface area contributed by atoms with Crippen LogP contribution in [0.4, 0.5) is 13.2 Å². The van der Waals surface area contributed by atoms with Crippen molar-refractivity contribution < 1.29 is 13.2 Å². The second kappa shape index (κ2) is 5.91. The van der Waals surface area contributed by atoms with Gasteiger partial charge in [-0.2, -0.15) is 13.2 Å². The molecule has 0 saturated heterocycles. The highest BCUT2D eigenvalue weighted by Crippen LogP contribution is 2.30. The van der Waals surface area contributed by atoms with Crippen molar-refractivity contribution in [1.82, 2.24) is 9.97 Å². The minimum atomic E-state index is -4.56. The summed E-state index contributed by atoms with van der Waals surface area (Å²) in [6.45, 7) is 4.06. The van der Waals surface area contributed by atoms with Gasteiger partial charge in [0.15, 0.2) is 0 Å². The monoisotopic (exact) mass is 284 g/mol. The van der Waals surface area contributed by atoms with E-state index in [4.69, 9.17) is 11.6 Å². The number of alkyl halides is 3. The first-order valence-corrected chi connectivity index (χ1v) is 6.44. The van der Waals surface area contributed by atoms with Crippen LogP contribution in [0.1, 0.15) is 26.1 Å². The molecule has 0 aromatic carbocycles. The number of rotatable bonds is 4. The van der Waals surface area contributed by atoms with Crippen molar-refractivity contribution in [1.29, 1.82) is 0 Å². The molecule has 7 heteroatoms. The van der Waals surface area contributed by atoms with E-state index in [1.165, 1.54) is 17.8 Å². The minimum Gasteiger partial charge on any atom is -0.218 e. The van der Waals surface area contributed by atoms with Gasteiger partial charge in [0.2, 0.25) is 5.82 Å². The smallest absolute Gasteiger partial charge is 0.218 e. The van der Waals surface area contributed by atoms with Crippen molar-refractivity contribution in [2.24, 2.45) is 5.92 Å². The average molecular weight is 285 g/mol. The standard InChI is InChI=1S/C10H12ClF3N2S/c1-3-6(2)5-17-8-4-7(11)15-9(16-8)10(12,13)14/h4,6H,3,5H2,1-2H3. The van der Waals surface area contributed by atoms with Gasteiger partial charge < -0.3 is 0 Å². The molecule has 1 rings (SSSR count). The van der Waals surface area contributed by atoms with Crippen molar-refractivity contribution >= 4 is 23.4 Å². The third-order valence-electron chi connectivity index (χ3n) is 2.14. The van der Waals surface area contributed by atoms with Gasteiger partial charge in [0.25, 0.3) is 0 Å². The molecule has 1 atom stereocenters. The topological polar surface area (TPSA) is 25.8 Å². The van der Waals surface area contributed by atoms with Gasteiger partial charge in [0.1, 0.15) is 10.2 Å². The van der Waals surface area contributed by atoms with Crippen molar-refractivity contribution in [2.75, 3.05) is 5.75 Å². The second-order valence-electron chi connectivity index (χ2n) is 3.67. The highest BCUT2D eigenvalue weighted by Gasteiger charge is 2.35. The molecule has 1 unspecified atom stereocenters. The van der Waals surface area contributed by atoms with Crippen molar-refractivity contribution in [3.8, 4) is 0 Å². The Balaban J connectivity index is 2.83. The molecule has 0 bridgehead atoms. The van der Waals surface area contributed by atoms with Crippen LogP contribution in [0.15, 0.2) is 11.1 Å². The molecule has 0 amide bonds. The Kier molecular flexibility index (Phi) is 5.06. The highest BCUT2D eigenvalue weighted by molar-refractivity contribution is 7.99. The normalized spacial score (nSPS) is 13.8. The molecule has 0 fully saturated rings. The summed E-state index contributed by atoms with van der Waals surface area (Å²) in [4.78, 5) is 6.62. The number of thioether (sulfide) groups is 1. The van der Waals surface area contributed by atoms with Crippen LogP contribution >= 0.6 is 23.4 Å². The van der Waals surface area contributed by atoms with Gasteiger partial charge in [-0.05, 0) is 5.92 Å². The predicted molar refractivity (Wildman–Crippen MR) is 62.2 cm³/mol. The summed E-state index contributed by atoms with van der Waals surface area (Å²) in [7, 11) is 0.